The molecule has 2 aromatic heterocycles. The van der Waals surface area contributed by atoms with Crippen LogP contribution in [0.2, 0.25) is 5.02 Å². The lowest BCUT2D eigenvalue weighted by molar-refractivity contribution is -0.269. The van der Waals surface area contributed by atoms with E-state index in [1.165, 1.54) is 11.6 Å². The van der Waals surface area contributed by atoms with Crippen LogP contribution in [-0.2, 0) is 22.0 Å². The molecule has 0 aliphatic heterocycles. The summed E-state index contributed by atoms with van der Waals surface area (Å²) in [4.78, 5) is 0. The van der Waals surface area contributed by atoms with Crippen molar-refractivity contribution in [3.63, 3.8) is 0 Å². The van der Waals surface area contributed by atoms with Gasteiger partial charge in [-0.3, -0.25) is 0 Å². The van der Waals surface area contributed by atoms with E-state index in [4.69, 9.17) is 11.6 Å². The molecule has 0 spiro atoms. The fourth-order valence-corrected chi connectivity index (χ4v) is 5.66. The molecule has 1 aromatic carbocycles. The summed E-state index contributed by atoms with van der Waals surface area (Å²) in [6.07, 6.45) is -3.36. The van der Waals surface area contributed by atoms with Gasteiger partial charge >= 0.3 is 6.18 Å². The first kappa shape index (κ1) is 21.0. The summed E-state index contributed by atoms with van der Waals surface area (Å²) >= 11 is 7.15. The largest absolute Gasteiger partial charge is 0.423 e. The first-order chi connectivity index (χ1) is 12.9. The van der Waals surface area contributed by atoms with E-state index in [-0.39, 0.29) is 15.8 Å². The van der Waals surface area contributed by atoms with Crippen molar-refractivity contribution in [3.05, 3.63) is 40.7 Å². The molecule has 0 aliphatic rings. The molecule has 3 aromatic rings. The van der Waals surface area contributed by atoms with Gasteiger partial charge in [0, 0.05) is 16.3 Å². The maximum absolute atomic E-state index is 13.2. The number of thiophene rings is 1. The van der Waals surface area contributed by atoms with Gasteiger partial charge in [-0.2, -0.15) is 13.2 Å². The van der Waals surface area contributed by atoms with Crippen LogP contribution in [0.3, 0.4) is 0 Å². The molecule has 28 heavy (non-hydrogen) atoms. The van der Waals surface area contributed by atoms with Crippen molar-refractivity contribution in [2.24, 2.45) is 0 Å². The SMILES string of the molecule is CCC(O)(c1cn(Cc2ccc3c(Cl)c(S(C)(=O)=O)sc3c2)nn1)C(F)(F)F. The van der Waals surface area contributed by atoms with Crippen LogP contribution in [0.1, 0.15) is 24.6 Å². The van der Waals surface area contributed by atoms with Crippen molar-refractivity contribution in [2.45, 2.75) is 35.9 Å². The summed E-state index contributed by atoms with van der Waals surface area (Å²) in [6.45, 7) is 1.30. The van der Waals surface area contributed by atoms with E-state index < -0.39 is 33.7 Å². The third-order valence-electron chi connectivity index (χ3n) is 4.29. The predicted octanol–water partition coefficient (Wildman–Crippen LogP) is 3.76. The molecular weight excluding hydrogens is 439 g/mol. The van der Waals surface area contributed by atoms with Gasteiger partial charge in [0.25, 0.3) is 0 Å². The first-order valence-electron chi connectivity index (χ1n) is 7.97. The van der Waals surface area contributed by atoms with Gasteiger partial charge < -0.3 is 5.11 Å². The Morgan fingerprint density at radius 1 is 1.32 bits per heavy atom. The zero-order valence-corrected chi connectivity index (χ0v) is 17.0. The van der Waals surface area contributed by atoms with Crippen molar-refractivity contribution in [1.82, 2.24) is 15.0 Å². The quantitative estimate of drug-likeness (QED) is 0.635. The van der Waals surface area contributed by atoms with Gasteiger partial charge in [-0.1, -0.05) is 35.9 Å². The molecule has 6 nitrogen and oxygen atoms in total. The van der Waals surface area contributed by atoms with Gasteiger partial charge in [0.05, 0.1) is 17.8 Å². The Labute approximate surface area is 167 Å². The van der Waals surface area contributed by atoms with E-state index in [1.54, 1.807) is 18.2 Å². The number of halogens is 4. The minimum atomic E-state index is -4.88. The minimum absolute atomic E-state index is 0.0579. The van der Waals surface area contributed by atoms with Crippen molar-refractivity contribution in [2.75, 3.05) is 6.26 Å². The number of fused-ring (bicyclic) bond motifs is 1. The summed E-state index contributed by atoms with van der Waals surface area (Å²) in [7, 11) is -3.47. The van der Waals surface area contributed by atoms with Crippen molar-refractivity contribution in [1.29, 1.82) is 0 Å². The normalized spacial score (nSPS) is 15.1. The number of aliphatic hydroxyl groups is 1. The molecule has 0 fully saturated rings. The first-order valence-corrected chi connectivity index (χ1v) is 11.1. The predicted molar refractivity (Wildman–Crippen MR) is 99.3 cm³/mol. The zero-order chi connectivity index (χ0) is 20.9. The number of hydrogen-bond donors (Lipinski definition) is 1. The second-order valence-electron chi connectivity index (χ2n) is 6.32. The molecule has 152 valence electrons. The average Bonchev–Trinajstić information content (AvgIpc) is 3.18. The lowest BCUT2D eigenvalue weighted by Gasteiger charge is -2.26. The van der Waals surface area contributed by atoms with E-state index in [0.717, 1.165) is 23.8 Å². The van der Waals surface area contributed by atoms with Gasteiger partial charge in [0.15, 0.2) is 9.84 Å². The second-order valence-corrected chi connectivity index (χ2v) is 9.96. The highest BCUT2D eigenvalue weighted by Gasteiger charge is 2.55. The lowest BCUT2D eigenvalue weighted by Crippen LogP contribution is -2.42. The number of hydrogen-bond acceptors (Lipinski definition) is 6. The van der Waals surface area contributed by atoms with E-state index in [2.05, 4.69) is 10.3 Å². The number of nitrogens with zero attached hydrogens (tertiary/aromatic N) is 3. The fourth-order valence-electron chi connectivity index (χ4n) is 2.70. The lowest BCUT2D eigenvalue weighted by atomic mass is 9.96. The number of benzene rings is 1. The van der Waals surface area contributed by atoms with Gasteiger partial charge in [0.2, 0.25) is 5.60 Å². The average molecular weight is 454 g/mol. The molecule has 3 rings (SSSR count). The Morgan fingerprint density at radius 3 is 2.57 bits per heavy atom. The van der Waals surface area contributed by atoms with Crippen molar-refractivity contribution < 1.29 is 26.7 Å². The third kappa shape index (κ3) is 3.63. The maximum Gasteiger partial charge on any atom is 0.423 e. The molecule has 0 aliphatic carbocycles. The van der Waals surface area contributed by atoms with Crippen LogP contribution in [0.5, 0.6) is 0 Å². The number of sulfone groups is 1. The Hall–Kier alpha value is -1.69. The smallest absolute Gasteiger partial charge is 0.375 e. The van der Waals surface area contributed by atoms with Crippen LogP contribution >= 0.6 is 22.9 Å². The van der Waals surface area contributed by atoms with Gasteiger partial charge in [0.1, 0.15) is 9.90 Å². The van der Waals surface area contributed by atoms with Gasteiger partial charge in [-0.15, -0.1) is 16.4 Å². The molecule has 2 heterocycles. The van der Waals surface area contributed by atoms with Crippen LogP contribution in [0.4, 0.5) is 13.2 Å². The zero-order valence-electron chi connectivity index (χ0n) is 14.7. The Balaban J connectivity index is 1.93. The summed E-state index contributed by atoms with van der Waals surface area (Å²) < 4.78 is 64.9. The van der Waals surface area contributed by atoms with Gasteiger partial charge in [-0.25, -0.2) is 13.1 Å². The molecule has 1 N–H and O–H groups in total. The molecule has 0 saturated heterocycles. The molecular formula is C16H15ClF3N3O3S2. The second kappa shape index (κ2) is 6.97. The summed E-state index contributed by atoms with van der Waals surface area (Å²) in [5.41, 5.74) is -2.99. The number of aromatic nitrogens is 3. The minimum Gasteiger partial charge on any atom is -0.375 e. The standard InChI is InChI=1S/C16H15ClF3N3O3S2/c1-3-15(24,16(18,19)20)12-8-23(22-21-12)7-9-4-5-10-11(6-9)27-14(13(10)17)28(2,25)26/h4-6,8,24H,3,7H2,1-2H3. The summed E-state index contributed by atoms with van der Waals surface area (Å²) in [6, 6.07) is 5.01. The maximum atomic E-state index is 13.2. The van der Waals surface area contributed by atoms with E-state index >= 15 is 0 Å². The van der Waals surface area contributed by atoms with Crippen LogP contribution in [0, 0.1) is 0 Å². The van der Waals surface area contributed by atoms with E-state index in [9.17, 15) is 26.7 Å². The van der Waals surface area contributed by atoms with Crippen molar-refractivity contribution in [3.8, 4) is 0 Å². The Bertz CT molecular complexity index is 1140. The molecule has 0 amide bonds. The highest BCUT2D eigenvalue weighted by molar-refractivity contribution is 7.93. The highest BCUT2D eigenvalue weighted by atomic mass is 35.5. The van der Waals surface area contributed by atoms with Crippen LogP contribution in [0.15, 0.2) is 28.6 Å². The van der Waals surface area contributed by atoms with Crippen molar-refractivity contribution >= 4 is 42.9 Å². The fraction of sp³-hybridized carbons (Fsp3) is 0.375. The monoisotopic (exact) mass is 453 g/mol. The van der Waals surface area contributed by atoms with Crippen LogP contribution in [0.25, 0.3) is 10.1 Å². The number of alkyl halides is 3. The molecule has 12 heteroatoms. The Morgan fingerprint density at radius 2 is 2.00 bits per heavy atom. The molecule has 0 radical (unpaired) electrons. The summed E-state index contributed by atoms with van der Waals surface area (Å²) in [5.74, 6) is 0. The van der Waals surface area contributed by atoms with E-state index in [1.807, 2.05) is 0 Å². The molecule has 1 unspecified atom stereocenters. The highest BCUT2D eigenvalue weighted by Crippen LogP contribution is 2.41. The third-order valence-corrected chi connectivity index (χ3v) is 7.89. The molecule has 0 saturated carbocycles. The van der Waals surface area contributed by atoms with Crippen LogP contribution in [-0.4, -0.2) is 41.0 Å². The Kier molecular flexibility index (Phi) is 5.24. The van der Waals surface area contributed by atoms with Gasteiger partial charge in [-0.05, 0) is 18.1 Å². The molecule has 0 bridgehead atoms. The molecule has 1 atom stereocenters. The number of rotatable bonds is 5. The van der Waals surface area contributed by atoms with E-state index in [0.29, 0.717) is 15.6 Å². The summed E-state index contributed by atoms with van der Waals surface area (Å²) in [5, 5.41) is 17.8. The topological polar surface area (TPSA) is 85.1 Å². The van der Waals surface area contributed by atoms with Crippen LogP contribution < -0.4 is 0 Å².